The molecule has 0 saturated heterocycles. The summed E-state index contributed by atoms with van der Waals surface area (Å²) in [5.74, 6) is -0.0123. The fourth-order valence-electron chi connectivity index (χ4n) is 3.13. The molecule has 0 unspecified atom stereocenters. The van der Waals surface area contributed by atoms with Crippen LogP contribution in [-0.2, 0) is 21.2 Å². The third kappa shape index (κ3) is 4.95. The van der Waals surface area contributed by atoms with Gasteiger partial charge in [-0.25, -0.2) is 8.42 Å². The van der Waals surface area contributed by atoms with E-state index in [2.05, 4.69) is 0 Å². The van der Waals surface area contributed by atoms with E-state index < -0.39 is 15.3 Å². The molecular formula is C21H24N2O3S. The normalized spacial score (nSPS) is 15.0. The third-order valence-electron chi connectivity index (χ3n) is 4.75. The van der Waals surface area contributed by atoms with Crippen molar-refractivity contribution in [1.29, 1.82) is 5.26 Å². The summed E-state index contributed by atoms with van der Waals surface area (Å²) in [6, 6.07) is 11.5. The number of allylic oxidation sites excluding steroid dienone is 4. The van der Waals surface area contributed by atoms with Crippen molar-refractivity contribution in [3.63, 3.8) is 0 Å². The van der Waals surface area contributed by atoms with Crippen LogP contribution in [-0.4, -0.2) is 26.3 Å². The maximum Gasteiger partial charge on any atom is 0.232 e. The van der Waals surface area contributed by atoms with Gasteiger partial charge in [0.25, 0.3) is 0 Å². The predicted molar refractivity (Wildman–Crippen MR) is 106 cm³/mol. The third-order valence-corrected chi connectivity index (χ3v) is 6.31. The van der Waals surface area contributed by atoms with Gasteiger partial charge < -0.3 is 4.90 Å². The van der Waals surface area contributed by atoms with Gasteiger partial charge in [0, 0.05) is 30.0 Å². The van der Waals surface area contributed by atoms with Gasteiger partial charge in [-0.2, -0.15) is 5.26 Å². The quantitative estimate of drug-likeness (QED) is 0.700. The van der Waals surface area contributed by atoms with Crippen LogP contribution in [0.5, 0.6) is 0 Å². The van der Waals surface area contributed by atoms with E-state index in [0.717, 1.165) is 22.6 Å². The highest BCUT2D eigenvalue weighted by atomic mass is 32.2. The van der Waals surface area contributed by atoms with Gasteiger partial charge in [-0.3, -0.25) is 4.79 Å². The highest BCUT2D eigenvalue weighted by Crippen LogP contribution is 2.36. The molecule has 0 aromatic heterocycles. The summed E-state index contributed by atoms with van der Waals surface area (Å²) >= 11 is 0. The minimum atomic E-state index is -3.57. The molecule has 0 spiro atoms. The Kier molecular flexibility index (Phi) is 6.40. The van der Waals surface area contributed by atoms with Crippen LogP contribution in [0.25, 0.3) is 0 Å². The molecule has 0 bridgehead atoms. The molecule has 1 amide bonds. The molecular weight excluding hydrogens is 360 g/mol. The van der Waals surface area contributed by atoms with Crippen LogP contribution in [0.2, 0.25) is 0 Å². The van der Waals surface area contributed by atoms with Crippen molar-refractivity contribution in [3.8, 4) is 6.07 Å². The van der Waals surface area contributed by atoms with Crippen LogP contribution in [0.1, 0.15) is 32.3 Å². The molecule has 2 rings (SSSR count). The number of nitriles is 1. The van der Waals surface area contributed by atoms with Gasteiger partial charge in [0.1, 0.15) is 0 Å². The van der Waals surface area contributed by atoms with Crippen LogP contribution in [0.3, 0.4) is 0 Å². The average Bonchev–Trinajstić information content (AvgIpc) is 2.66. The first kappa shape index (κ1) is 20.7. The number of hydrogen-bond acceptors (Lipinski definition) is 4. The Labute approximate surface area is 161 Å². The summed E-state index contributed by atoms with van der Waals surface area (Å²) < 4.78 is 24.3. The van der Waals surface area contributed by atoms with Crippen molar-refractivity contribution >= 4 is 15.7 Å². The van der Waals surface area contributed by atoms with E-state index in [9.17, 15) is 13.2 Å². The first-order valence-corrected chi connectivity index (χ1v) is 10.2. The van der Waals surface area contributed by atoms with Gasteiger partial charge in [-0.1, -0.05) is 42.0 Å². The Hall–Kier alpha value is -2.65. The first-order chi connectivity index (χ1) is 12.7. The van der Waals surface area contributed by atoms with E-state index in [-0.39, 0.29) is 10.8 Å². The molecule has 1 aromatic carbocycles. The lowest BCUT2D eigenvalue weighted by molar-refractivity contribution is -0.137. The minimum absolute atomic E-state index is 0.0123. The van der Waals surface area contributed by atoms with E-state index in [1.807, 2.05) is 44.2 Å². The molecule has 0 N–H and O–H groups in total. The van der Waals surface area contributed by atoms with Gasteiger partial charge in [0.05, 0.1) is 11.5 Å². The van der Waals surface area contributed by atoms with E-state index in [4.69, 9.17) is 5.26 Å². The average molecular weight is 385 g/mol. The SMILES string of the molecule is CN(Cc1ccccc1)C(=O)C(C)(C)C1=CC=C(S(=O)(=O)C=CC#N)CC1. The predicted octanol–water partition coefficient (Wildman–Crippen LogP) is 3.73. The van der Waals surface area contributed by atoms with Crippen molar-refractivity contribution in [3.05, 3.63) is 70.0 Å². The maximum absolute atomic E-state index is 13.0. The molecule has 0 saturated carbocycles. The molecule has 5 nitrogen and oxygen atoms in total. The molecule has 0 aliphatic heterocycles. The summed E-state index contributed by atoms with van der Waals surface area (Å²) in [4.78, 5) is 14.9. The topological polar surface area (TPSA) is 78.2 Å². The van der Waals surface area contributed by atoms with Gasteiger partial charge >= 0.3 is 0 Å². The van der Waals surface area contributed by atoms with Crippen molar-refractivity contribution in [1.82, 2.24) is 4.90 Å². The fourth-order valence-corrected chi connectivity index (χ4v) is 4.19. The van der Waals surface area contributed by atoms with Crippen molar-refractivity contribution in [2.45, 2.75) is 33.2 Å². The molecule has 0 heterocycles. The highest BCUT2D eigenvalue weighted by Gasteiger charge is 2.35. The Balaban J connectivity index is 2.18. The molecule has 0 fully saturated rings. The van der Waals surface area contributed by atoms with E-state index in [0.29, 0.717) is 19.4 Å². The number of nitrogens with zero attached hydrogens (tertiary/aromatic N) is 2. The van der Waals surface area contributed by atoms with Crippen LogP contribution >= 0.6 is 0 Å². The number of rotatable bonds is 6. The minimum Gasteiger partial charge on any atom is -0.341 e. The van der Waals surface area contributed by atoms with Crippen LogP contribution in [0, 0.1) is 16.7 Å². The van der Waals surface area contributed by atoms with Gasteiger partial charge in [-0.05, 0) is 38.3 Å². The molecule has 1 aromatic rings. The lowest BCUT2D eigenvalue weighted by Gasteiger charge is -2.33. The van der Waals surface area contributed by atoms with Crippen LogP contribution < -0.4 is 0 Å². The fraction of sp³-hybridized carbons (Fsp3) is 0.333. The van der Waals surface area contributed by atoms with Crippen LogP contribution in [0.4, 0.5) is 0 Å². The molecule has 1 aliphatic carbocycles. The molecule has 142 valence electrons. The first-order valence-electron chi connectivity index (χ1n) is 8.69. The Bertz CT molecular complexity index is 933. The lowest BCUT2D eigenvalue weighted by atomic mass is 9.78. The number of amides is 1. The summed E-state index contributed by atoms with van der Waals surface area (Å²) in [6.07, 6.45) is 5.04. The number of hydrogen-bond donors (Lipinski definition) is 0. The standard InChI is InChI=1S/C21H24N2O3S/c1-21(2,20(24)23(3)16-17-8-5-4-6-9-17)18-10-12-19(13-11-18)27(25,26)15-7-14-22/h4-10,12,15H,11,13,16H2,1-3H3. The molecule has 27 heavy (non-hydrogen) atoms. The molecule has 6 heteroatoms. The highest BCUT2D eigenvalue weighted by molar-refractivity contribution is 7.98. The van der Waals surface area contributed by atoms with Gasteiger partial charge in [0.15, 0.2) is 9.84 Å². The monoisotopic (exact) mass is 384 g/mol. The van der Waals surface area contributed by atoms with E-state index in [1.165, 1.54) is 0 Å². The summed E-state index contributed by atoms with van der Waals surface area (Å²) in [6.45, 7) is 4.25. The zero-order valence-electron chi connectivity index (χ0n) is 15.8. The lowest BCUT2D eigenvalue weighted by Crippen LogP contribution is -2.39. The maximum atomic E-state index is 13.0. The number of sulfone groups is 1. The number of carbonyl (C=O) groups is 1. The van der Waals surface area contributed by atoms with Gasteiger partial charge in [0.2, 0.25) is 5.91 Å². The Morgan fingerprint density at radius 3 is 2.44 bits per heavy atom. The zero-order valence-corrected chi connectivity index (χ0v) is 16.7. The zero-order chi connectivity index (χ0) is 20.1. The second-order valence-electron chi connectivity index (χ2n) is 7.07. The summed E-state index contributed by atoms with van der Waals surface area (Å²) in [5.41, 5.74) is 1.23. The summed E-state index contributed by atoms with van der Waals surface area (Å²) in [5, 5.41) is 9.44. The Morgan fingerprint density at radius 2 is 1.89 bits per heavy atom. The molecule has 1 aliphatic rings. The van der Waals surface area contributed by atoms with Crippen molar-refractivity contribution in [2.75, 3.05) is 7.05 Å². The molecule has 0 atom stereocenters. The van der Waals surface area contributed by atoms with Crippen molar-refractivity contribution in [2.24, 2.45) is 5.41 Å². The Morgan fingerprint density at radius 1 is 1.22 bits per heavy atom. The summed E-state index contributed by atoms with van der Waals surface area (Å²) in [7, 11) is -1.80. The van der Waals surface area contributed by atoms with Crippen molar-refractivity contribution < 1.29 is 13.2 Å². The second kappa shape index (κ2) is 8.36. The largest absolute Gasteiger partial charge is 0.341 e. The second-order valence-corrected chi connectivity index (χ2v) is 8.96. The van der Waals surface area contributed by atoms with Crippen LogP contribution in [0.15, 0.2) is 64.4 Å². The number of carbonyl (C=O) groups excluding carboxylic acids is 1. The van der Waals surface area contributed by atoms with E-state index in [1.54, 1.807) is 30.2 Å². The smallest absolute Gasteiger partial charge is 0.232 e. The van der Waals surface area contributed by atoms with E-state index >= 15 is 0 Å². The molecule has 0 radical (unpaired) electrons. The number of benzene rings is 1. The van der Waals surface area contributed by atoms with Gasteiger partial charge in [-0.15, -0.1) is 0 Å².